The number of aliphatic imine (C=N–C) groups is 1. The number of aryl methyl sites for hydroxylation is 1. The van der Waals surface area contributed by atoms with Gasteiger partial charge in [0.05, 0.1) is 5.69 Å². The lowest BCUT2D eigenvalue weighted by atomic mass is 9.93. The van der Waals surface area contributed by atoms with Gasteiger partial charge >= 0.3 is 0 Å². The Hall–Kier alpha value is -2.09. The van der Waals surface area contributed by atoms with E-state index in [-0.39, 0.29) is 0 Å². The summed E-state index contributed by atoms with van der Waals surface area (Å²) < 4.78 is 0. The molecule has 0 aliphatic heterocycles. The summed E-state index contributed by atoms with van der Waals surface area (Å²) in [5.41, 5.74) is 14.4. The van der Waals surface area contributed by atoms with E-state index in [0.717, 1.165) is 41.9 Å². The van der Waals surface area contributed by atoms with E-state index in [1.165, 1.54) is 16.7 Å². The van der Waals surface area contributed by atoms with Gasteiger partial charge in [0, 0.05) is 17.0 Å². The summed E-state index contributed by atoms with van der Waals surface area (Å²) >= 11 is 0. The fraction of sp³-hybridized carbons (Fsp3) is 0.458. The van der Waals surface area contributed by atoms with Gasteiger partial charge in [-0.25, -0.2) is 0 Å². The van der Waals surface area contributed by atoms with Gasteiger partial charge in [-0.2, -0.15) is 0 Å². The van der Waals surface area contributed by atoms with E-state index < -0.39 is 0 Å². The number of hydrogen-bond donors (Lipinski definition) is 1. The Bertz CT molecular complexity index is 774. The number of rotatable bonds is 7. The molecular weight excluding hydrogens is 316 g/mol. The number of nitrogen functional groups attached to an aromatic ring is 1. The average molecular weight is 351 g/mol. The van der Waals surface area contributed by atoms with Crippen LogP contribution in [0.2, 0.25) is 0 Å². The zero-order chi connectivity index (χ0) is 19.3. The van der Waals surface area contributed by atoms with E-state index in [2.05, 4.69) is 77.9 Å². The van der Waals surface area contributed by atoms with Crippen LogP contribution < -0.4 is 5.73 Å². The van der Waals surface area contributed by atoms with Crippen molar-refractivity contribution in [2.75, 3.05) is 5.73 Å². The molecule has 0 saturated heterocycles. The summed E-state index contributed by atoms with van der Waals surface area (Å²) in [5, 5.41) is 0. The Morgan fingerprint density at radius 1 is 0.962 bits per heavy atom. The number of anilines is 1. The van der Waals surface area contributed by atoms with Gasteiger partial charge in [0.15, 0.2) is 0 Å². The van der Waals surface area contributed by atoms with Crippen molar-refractivity contribution in [1.82, 2.24) is 0 Å². The molecule has 0 aromatic heterocycles. The van der Waals surface area contributed by atoms with Crippen molar-refractivity contribution in [1.29, 1.82) is 0 Å². The van der Waals surface area contributed by atoms with Crippen LogP contribution in [0.15, 0.2) is 41.4 Å². The molecule has 0 radical (unpaired) electrons. The van der Waals surface area contributed by atoms with Crippen molar-refractivity contribution in [3.8, 4) is 0 Å². The quantitative estimate of drug-likeness (QED) is 0.424. The topological polar surface area (TPSA) is 38.4 Å². The van der Waals surface area contributed by atoms with E-state index in [9.17, 15) is 0 Å². The molecule has 2 heteroatoms. The fourth-order valence-electron chi connectivity index (χ4n) is 3.33. The first-order chi connectivity index (χ1) is 12.4. The number of para-hydroxylation sites is 1. The van der Waals surface area contributed by atoms with Crippen molar-refractivity contribution in [2.24, 2.45) is 4.99 Å². The molecule has 2 aromatic rings. The number of nitrogens with zero attached hydrogens (tertiary/aromatic N) is 1. The molecule has 2 nitrogen and oxygen atoms in total. The minimum atomic E-state index is 0.460. The van der Waals surface area contributed by atoms with Crippen LogP contribution in [0.1, 0.15) is 88.5 Å². The maximum Gasteiger partial charge on any atom is 0.0667 e. The van der Waals surface area contributed by atoms with Crippen molar-refractivity contribution in [3.05, 3.63) is 58.7 Å². The molecule has 0 aliphatic rings. The Balaban J connectivity index is 2.51. The lowest BCUT2D eigenvalue weighted by Crippen LogP contribution is -2.06. The van der Waals surface area contributed by atoms with Crippen LogP contribution in [-0.4, -0.2) is 5.71 Å². The standard InChI is InChI=1S/C24H34N2/c1-7-16(4)20-11-10-12-21(24(20)25)18(6)26-23-14-13-19(9-3)15-22(23)17(5)8-2/h10-17H,7-9,25H2,1-6H3. The number of benzene rings is 2. The van der Waals surface area contributed by atoms with Crippen LogP contribution in [0.25, 0.3) is 0 Å². The number of nitrogens with two attached hydrogens (primary N) is 1. The predicted octanol–water partition coefficient (Wildman–Crippen LogP) is 7.00. The number of hydrogen-bond acceptors (Lipinski definition) is 2. The molecule has 26 heavy (non-hydrogen) atoms. The summed E-state index contributed by atoms with van der Waals surface area (Å²) in [4.78, 5) is 5.00. The van der Waals surface area contributed by atoms with Gasteiger partial charge in [-0.05, 0) is 60.8 Å². The minimum Gasteiger partial charge on any atom is -0.398 e. The maximum atomic E-state index is 6.50. The van der Waals surface area contributed by atoms with E-state index in [1.54, 1.807) is 0 Å². The van der Waals surface area contributed by atoms with Crippen LogP contribution in [0.4, 0.5) is 11.4 Å². The second-order valence-electron chi connectivity index (χ2n) is 7.37. The predicted molar refractivity (Wildman–Crippen MR) is 116 cm³/mol. The van der Waals surface area contributed by atoms with E-state index in [4.69, 9.17) is 10.7 Å². The highest BCUT2D eigenvalue weighted by Gasteiger charge is 2.14. The van der Waals surface area contributed by atoms with Crippen LogP contribution in [0.5, 0.6) is 0 Å². The Morgan fingerprint density at radius 2 is 1.62 bits per heavy atom. The Kier molecular flexibility index (Phi) is 7.02. The molecule has 2 rings (SSSR count). The molecule has 2 N–H and O–H groups in total. The van der Waals surface area contributed by atoms with E-state index >= 15 is 0 Å². The SMILES string of the molecule is CCc1ccc(N=C(C)c2cccc(C(C)CC)c2N)c(C(C)CC)c1. The van der Waals surface area contributed by atoms with Crippen molar-refractivity contribution in [2.45, 2.75) is 72.6 Å². The van der Waals surface area contributed by atoms with E-state index in [0.29, 0.717) is 11.8 Å². The summed E-state index contributed by atoms with van der Waals surface area (Å²) in [6, 6.07) is 13.0. The van der Waals surface area contributed by atoms with Crippen molar-refractivity contribution in [3.63, 3.8) is 0 Å². The molecule has 140 valence electrons. The minimum absolute atomic E-state index is 0.460. The monoisotopic (exact) mass is 350 g/mol. The second-order valence-corrected chi connectivity index (χ2v) is 7.37. The molecular formula is C24H34N2. The zero-order valence-corrected chi connectivity index (χ0v) is 17.3. The van der Waals surface area contributed by atoms with Gasteiger partial charge < -0.3 is 5.73 Å². The third-order valence-corrected chi connectivity index (χ3v) is 5.60. The molecule has 2 atom stereocenters. The molecule has 2 aromatic carbocycles. The average Bonchev–Trinajstić information content (AvgIpc) is 2.67. The molecule has 0 fully saturated rings. The highest BCUT2D eigenvalue weighted by molar-refractivity contribution is 6.05. The summed E-state index contributed by atoms with van der Waals surface area (Å²) in [6.45, 7) is 13.2. The fourth-order valence-corrected chi connectivity index (χ4v) is 3.33. The van der Waals surface area contributed by atoms with Gasteiger partial charge in [0.2, 0.25) is 0 Å². The second kappa shape index (κ2) is 9.02. The molecule has 0 spiro atoms. The lowest BCUT2D eigenvalue weighted by molar-refractivity contribution is 0.733. The zero-order valence-electron chi connectivity index (χ0n) is 17.3. The summed E-state index contributed by atoms with van der Waals surface area (Å²) in [7, 11) is 0. The van der Waals surface area contributed by atoms with Crippen molar-refractivity contribution < 1.29 is 0 Å². The molecule has 0 heterocycles. The van der Waals surface area contributed by atoms with Gasteiger partial charge in [-0.15, -0.1) is 0 Å². The first-order valence-corrected chi connectivity index (χ1v) is 9.99. The Labute approximate surface area is 159 Å². The third-order valence-electron chi connectivity index (χ3n) is 5.60. The third kappa shape index (κ3) is 4.35. The van der Waals surface area contributed by atoms with Crippen LogP contribution in [-0.2, 0) is 6.42 Å². The van der Waals surface area contributed by atoms with Crippen LogP contribution in [0, 0.1) is 0 Å². The lowest BCUT2D eigenvalue weighted by Gasteiger charge is -2.17. The van der Waals surface area contributed by atoms with Gasteiger partial charge in [0.1, 0.15) is 0 Å². The smallest absolute Gasteiger partial charge is 0.0667 e. The van der Waals surface area contributed by atoms with Gasteiger partial charge in [0.25, 0.3) is 0 Å². The highest BCUT2D eigenvalue weighted by Crippen LogP contribution is 2.32. The Morgan fingerprint density at radius 3 is 2.23 bits per heavy atom. The highest BCUT2D eigenvalue weighted by atomic mass is 14.8. The van der Waals surface area contributed by atoms with Crippen molar-refractivity contribution >= 4 is 17.1 Å². The largest absolute Gasteiger partial charge is 0.398 e. The van der Waals surface area contributed by atoms with Crippen LogP contribution in [0.3, 0.4) is 0 Å². The molecule has 0 amide bonds. The van der Waals surface area contributed by atoms with Gasteiger partial charge in [-0.3, -0.25) is 4.99 Å². The maximum absolute atomic E-state index is 6.50. The van der Waals surface area contributed by atoms with E-state index in [1.807, 2.05) is 0 Å². The first-order valence-electron chi connectivity index (χ1n) is 9.99. The molecule has 2 unspecified atom stereocenters. The first kappa shape index (κ1) is 20.2. The molecule has 0 bridgehead atoms. The normalized spacial score (nSPS) is 14.3. The summed E-state index contributed by atoms with van der Waals surface area (Å²) in [6.07, 6.45) is 3.25. The molecule has 0 aliphatic carbocycles. The molecule has 0 saturated carbocycles. The van der Waals surface area contributed by atoms with Gasteiger partial charge in [-0.1, -0.05) is 65.0 Å². The van der Waals surface area contributed by atoms with Crippen LogP contribution >= 0.6 is 0 Å². The summed E-state index contributed by atoms with van der Waals surface area (Å²) in [5.74, 6) is 0.958.